The van der Waals surface area contributed by atoms with Gasteiger partial charge in [-0.3, -0.25) is 0 Å². The van der Waals surface area contributed by atoms with E-state index in [4.69, 9.17) is 4.42 Å². The second kappa shape index (κ2) is 10.8. The number of rotatable bonds is 9. The lowest BCUT2D eigenvalue weighted by Gasteiger charge is -2.21. The molecule has 182 valence electrons. The normalized spacial score (nSPS) is 11.9. The van der Waals surface area contributed by atoms with Gasteiger partial charge in [-0.1, -0.05) is 42.5 Å². The Kier molecular flexibility index (Phi) is 7.78. The highest BCUT2D eigenvalue weighted by Crippen LogP contribution is 2.37. The summed E-state index contributed by atoms with van der Waals surface area (Å²) in [5.74, 6) is -1.18. The molecular weight excluding hydrogens is 495 g/mol. The molecule has 0 radical (unpaired) electrons. The summed E-state index contributed by atoms with van der Waals surface area (Å²) >= 11 is 1.39. The van der Waals surface area contributed by atoms with E-state index in [0.717, 1.165) is 22.3 Å². The lowest BCUT2D eigenvalue weighted by Crippen LogP contribution is -2.18. The Morgan fingerprint density at radius 2 is 1.66 bits per heavy atom. The Hall–Kier alpha value is -2.88. The zero-order valence-electron chi connectivity index (χ0n) is 18.7. The van der Waals surface area contributed by atoms with E-state index in [2.05, 4.69) is 16.4 Å². The number of furan rings is 1. The SMILES string of the molecule is Cc1c(C(=O)O)oc2ccc(SN(CCc3ccccc3)Cc3ccc(SC(F)(F)F)cc3)cc12. The molecule has 0 aliphatic heterocycles. The molecule has 0 saturated carbocycles. The fourth-order valence-electron chi connectivity index (χ4n) is 3.67. The summed E-state index contributed by atoms with van der Waals surface area (Å²) < 4.78 is 45.6. The van der Waals surface area contributed by atoms with Crippen molar-refractivity contribution in [2.45, 2.75) is 35.2 Å². The Morgan fingerprint density at radius 1 is 0.971 bits per heavy atom. The maximum Gasteiger partial charge on any atom is 0.446 e. The van der Waals surface area contributed by atoms with Gasteiger partial charge in [-0.25, -0.2) is 9.10 Å². The molecule has 0 unspecified atom stereocenters. The highest BCUT2D eigenvalue weighted by molar-refractivity contribution is 8.00. The molecule has 0 spiro atoms. The van der Waals surface area contributed by atoms with Gasteiger partial charge >= 0.3 is 11.5 Å². The average Bonchev–Trinajstić information content (AvgIpc) is 3.15. The average molecular weight is 518 g/mol. The van der Waals surface area contributed by atoms with Gasteiger partial charge in [0, 0.05) is 33.8 Å². The van der Waals surface area contributed by atoms with Crippen molar-refractivity contribution in [3.05, 3.63) is 95.2 Å². The summed E-state index contributed by atoms with van der Waals surface area (Å²) in [7, 11) is 0. The molecule has 4 nitrogen and oxygen atoms in total. The maximum atomic E-state index is 12.7. The van der Waals surface area contributed by atoms with Crippen molar-refractivity contribution >= 4 is 40.6 Å². The molecule has 0 aliphatic rings. The Bertz CT molecular complexity index is 1310. The predicted octanol–water partition coefficient (Wildman–Crippen LogP) is 7.80. The van der Waals surface area contributed by atoms with E-state index in [1.807, 2.05) is 30.3 Å². The van der Waals surface area contributed by atoms with Gasteiger partial charge in [-0.2, -0.15) is 13.2 Å². The Labute approximate surface area is 209 Å². The largest absolute Gasteiger partial charge is 0.475 e. The van der Waals surface area contributed by atoms with Gasteiger partial charge in [-0.15, -0.1) is 0 Å². The fraction of sp³-hybridized carbons (Fsp3) is 0.192. The third kappa shape index (κ3) is 6.84. The van der Waals surface area contributed by atoms with E-state index in [1.54, 1.807) is 25.1 Å². The second-order valence-corrected chi connectivity index (χ2v) is 10.2. The number of hydrogen-bond donors (Lipinski definition) is 1. The maximum absolute atomic E-state index is 12.7. The number of nitrogens with zero attached hydrogens (tertiary/aromatic N) is 1. The number of aryl methyl sites for hydroxylation is 1. The molecule has 35 heavy (non-hydrogen) atoms. The van der Waals surface area contributed by atoms with E-state index in [1.165, 1.54) is 29.6 Å². The first-order chi connectivity index (χ1) is 16.7. The van der Waals surface area contributed by atoms with Crippen LogP contribution in [-0.4, -0.2) is 27.4 Å². The molecule has 0 saturated heterocycles. The lowest BCUT2D eigenvalue weighted by molar-refractivity contribution is -0.0328. The summed E-state index contributed by atoms with van der Waals surface area (Å²) in [6.07, 6.45) is 0.798. The van der Waals surface area contributed by atoms with Crippen LogP contribution in [0.3, 0.4) is 0 Å². The van der Waals surface area contributed by atoms with Crippen molar-refractivity contribution in [1.29, 1.82) is 0 Å². The lowest BCUT2D eigenvalue weighted by atomic mass is 10.1. The van der Waals surface area contributed by atoms with Crippen molar-refractivity contribution in [2.75, 3.05) is 6.54 Å². The van der Waals surface area contributed by atoms with E-state index in [9.17, 15) is 23.1 Å². The number of carboxylic acids is 1. The first-order valence-corrected chi connectivity index (χ1v) is 12.3. The number of hydrogen-bond acceptors (Lipinski definition) is 5. The standard InChI is InChI=1S/C26H22F3NO3S2/c1-17-22-15-21(11-12-23(22)33-24(17)25(31)32)35-30(14-13-18-5-3-2-4-6-18)16-19-7-9-20(10-8-19)34-26(27,28)29/h2-12,15H,13-14,16H2,1H3,(H,31,32). The van der Waals surface area contributed by atoms with Crippen LogP contribution in [0, 0.1) is 6.92 Å². The van der Waals surface area contributed by atoms with Gasteiger partial charge < -0.3 is 9.52 Å². The van der Waals surface area contributed by atoms with Crippen LogP contribution in [-0.2, 0) is 13.0 Å². The summed E-state index contributed by atoms with van der Waals surface area (Å²) in [5, 5.41) is 10.1. The monoisotopic (exact) mass is 517 g/mol. The summed E-state index contributed by atoms with van der Waals surface area (Å²) in [4.78, 5) is 12.5. The molecule has 4 aromatic rings. The molecule has 1 heterocycles. The minimum absolute atomic E-state index is 0.0695. The zero-order valence-corrected chi connectivity index (χ0v) is 20.3. The number of aromatic carboxylic acids is 1. The molecule has 1 aromatic heterocycles. The smallest absolute Gasteiger partial charge is 0.446 e. The van der Waals surface area contributed by atoms with Crippen molar-refractivity contribution in [2.24, 2.45) is 0 Å². The Morgan fingerprint density at radius 3 is 2.31 bits per heavy atom. The molecule has 0 atom stereocenters. The molecule has 4 rings (SSSR count). The van der Waals surface area contributed by atoms with Gasteiger partial charge in [0.25, 0.3) is 0 Å². The third-order valence-corrected chi connectivity index (χ3v) is 7.12. The number of benzene rings is 3. The highest BCUT2D eigenvalue weighted by atomic mass is 32.2. The van der Waals surface area contributed by atoms with Crippen molar-refractivity contribution in [1.82, 2.24) is 4.31 Å². The van der Waals surface area contributed by atoms with Crippen molar-refractivity contribution in [3.63, 3.8) is 0 Å². The number of halogens is 3. The quantitative estimate of drug-likeness (QED) is 0.181. The minimum atomic E-state index is -4.32. The second-order valence-electron chi connectivity index (χ2n) is 7.90. The van der Waals surface area contributed by atoms with Crippen LogP contribution in [0.25, 0.3) is 11.0 Å². The van der Waals surface area contributed by atoms with E-state index >= 15 is 0 Å². The summed E-state index contributed by atoms with van der Waals surface area (Å²) in [6.45, 7) is 2.95. The first-order valence-electron chi connectivity index (χ1n) is 10.8. The number of thioether (sulfide) groups is 1. The Balaban J connectivity index is 1.54. The van der Waals surface area contributed by atoms with Crippen LogP contribution in [0.5, 0.6) is 0 Å². The third-order valence-electron chi connectivity index (χ3n) is 5.34. The molecule has 0 aliphatic carbocycles. The number of carbonyl (C=O) groups is 1. The zero-order chi connectivity index (χ0) is 25.0. The van der Waals surface area contributed by atoms with E-state index in [-0.39, 0.29) is 22.4 Å². The van der Waals surface area contributed by atoms with Crippen LogP contribution in [0.15, 0.2) is 87.0 Å². The van der Waals surface area contributed by atoms with Crippen molar-refractivity contribution < 1.29 is 27.5 Å². The highest BCUT2D eigenvalue weighted by Gasteiger charge is 2.29. The van der Waals surface area contributed by atoms with Crippen molar-refractivity contribution in [3.8, 4) is 0 Å². The number of alkyl halides is 3. The molecule has 0 amide bonds. The van der Waals surface area contributed by atoms with E-state index in [0.29, 0.717) is 24.2 Å². The predicted molar refractivity (Wildman–Crippen MR) is 133 cm³/mol. The minimum Gasteiger partial charge on any atom is -0.475 e. The van der Waals surface area contributed by atoms with Gasteiger partial charge in [0.15, 0.2) is 0 Å². The molecular formula is C26H22F3NO3S2. The van der Waals surface area contributed by atoms with Crippen LogP contribution >= 0.6 is 23.7 Å². The number of carboxylic acid groups (broad SMARTS) is 1. The topological polar surface area (TPSA) is 53.7 Å². The van der Waals surface area contributed by atoms with Gasteiger partial charge in [-0.05, 0) is 78.5 Å². The van der Waals surface area contributed by atoms with Crippen LogP contribution < -0.4 is 0 Å². The fourth-order valence-corrected chi connectivity index (χ4v) is 5.20. The summed E-state index contributed by atoms with van der Waals surface area (Å²) in [6, 6.07) is 22.0. The van der Waals surface area contributed by atoms with Gasteiger partial charge in [0.2, 0.25) is 5.76 Å². The van der Waals surface area contributed by atoms with Gasteiger partial charge in [0.05, 0.1) is 0 Å². The molecule has 0 fully saturated rings. The molecule has 3 aromatic carbocycles. The van der Waals surface area contributed by atoms with Crippen LogP contribution in [0.1, 0.15) is 27.2 Å². The molecule has 9 heteroatoms. The number of fused-ring (bicyclic) bond motifs is 1. The van der Waals surface area contributed by atoms with Crippen LogP contribution in [0.4, 0.5) is 13.2 Å². The molecule has 1 N–H and O–H groups in total. The van der Waals surface area contributed by atoms with E-state index < -0.39 is 11.5 Å². The van der Waals surface area contributed by atoms with Crippen LogP contribution in [0.2, 0.25) is 0 Å². The molecule has 0 bridgehead atoms. The summed E-state index contributed by atoms with van der Waals surface area (Å²) in [5.41, 5.74) is -1.15. The van der Waals surface area contributed by atoms with Gasteiger partial charge in [0.1, 0.15) is 5.58 Å². The first kappa shape index (κ1) is 25.2.